The molecule has 0 amide bonds. The van der Waals surface area contributed by atoms with Crippen molar-refractivity contribution in [1.29, 1.82) is 0 Å². The minimum absolute atomic E-state index is 0.0302. The average Bonchev–Trinajstić information content (AvgIpc) is 2.29. The Kier molecular flexibility index (Phi) is 3.75. The van der Waals surface area contributed by atoms with E-state index >= 15 is 0 Å². The molecule has 1 N–H and O–H groups in total. The SMILES string of the molecule is O=S(=O)(Nc1cccnc1)c1ccc(Cl)cc1Cl. The molecule has 0 bridgehead atoms. The van der Waals surface area contributed by atoms with Gasteiger partial charge in [-0.3, -0.25) is 9.71 Å². The van der Waals surface area contributed by atoms with Crippen LogP contribution < -0.4 is 4.72 Å². The van der Waals surface area contributed by atoms with E-state index in [1.165, 1.54) is 24.4 Å². The first-order valence-corrected chi connectivity index (χ1v) is 7.11. The number of sulfonamides is 1. The predicted molar refractivity (Wildman–Crippen MR) is 71.5 cm³/mol. The maximum atomic E-state index is 12.1. The van der Waals surface area contributed by atoms with Gasteiger partial charge in [0.15, 0.2) is 0 Å². The molecule has 0 fully saturated rings. The van der Waals surface area contributed by atoms with E-state index in [1.54, 1.807) is 18.3 Å². The van der Waals surface area contributed by atoms with Gasteiger partial charge in [-0.2, -0.15) is 0 Å². The zero-order valence-corrected chi connectivity index (χ0v) is 11.3. The Morgan fingerprint density at radius 1 is 1.17 bits per heavy atom. The molecule has 2 rings (SSSR count). The van der Waals surface area contributed by atoms with E-state index in [0.29, 0.717) is 10.7 Å². The van der Waals surface area contributed by atoms with Crippen molar-refractivity contribution < 1.29 is 8.42 Å². The van der Waals surface area contributed by atoms with Gasteiger partial charge in [-0.25, -0.2) is 8.42 Å². The molecule has 0 atom stereocenters. The van der Waals surface area contributed by atoms with Crippen LogP contribution in [0.1, 0.15) is 0 Å². The quantitative estimate of drug-likeness (QED) is 0.947. The number of aromatic nitrogens is 1. The van der Waals surface area contributed by atoms with Crippen LogP contribution in [0.15, 0.2) is 47.6 Å². The monoisotopic (exact) mass is 302 g/mol. The summed E-state index contributed by atoms with van der Waals surface area (Å²) in [6.07, 6.45) is 2.95. The van der Waals surface area contributed by atoms with Crippen LogP contribution in [-0.2, 0) is 10.0 Å². The summed E-state index contributed by atoms with van der Waals surface area (Å²) in [6.45, 7) is 0. The zero-order chi connectivity index (χ0) is 13.2. The summed E-state index contributed by atoms with van der Waals surface area (Å²) in [5, 5.41) is 0.444. The number of hydrogen-bond acceptors (Lipinski definition) is 3. The molecular weight excluding hydrogens is 295 g/mol. The summed E-state index contributed by atoms with van der Waals surface area (Å²) in [6, 6.07) is 7.41. The lowest BCUT2D eigenvalue weighted by molar-refractivity contribution is 0.601. The van der Waals surface area contributed by atoms with Crippen LogP contribution in [0.4, 0.5) is 5.69 Å². The lowest BCUT2D eigenvalue weighted by Crippen LogP contribution is -2.13. The molecule has 1 aromatic heterocycles. The van der Waals surface area contributed by atoms with Crippen LogP contribution in [0.3, 0.4) is 0 Å². The smallest absolute Gasteiger partial charge is 0.263 e. The lowest BCUT2D eigenvalue weighted by Gasteiger charge is -2.09. The summed E-state index contributed by atoms with van der Waals surface area (Å²) in [4.78, 5) is 3.79. The summed E-state index contributed by atoms with van der Waals surface area (Å²) >= 11 is 11.6. The molecule has 0 saturated carbocycles. The van der Waals surface area contributed by atoms with Crippen molar-refractivity contribution in [2.45, 2.75) is 4.90 Å². The Labute approximate surface area is 115 Å². The molecule has 0 saturated heterocycles. The third-order valence-corrected chi connectivity index (χ3v) is 4.20. The van der Waals surface area contributed by atoms with Crippen LogP contribution in [0.5, 0.6) is 0 Å². The fourth-order valence-electron chi connectivity index (χ4n) is 1.33. The molecule has 0 spiro atoms. The van der Waals surface area contributed by atoms with Gasteiger partial charge in [0.25, 0.3) is 10.0 Å². The second kappa shape index (κ2) is 5.14. The number of nitrogens with one attached hydrogen (secondary N) is 1. The van der Waals surface area contributed by atoms with E-state index in [-0.39, 0.29) is 9.92 Å². The van der Waals surface area contributed by atoms with Crippen LogP contribution in [-0.4, -0.2) is 13.4 Å². The highest BCUT2D eigenvalue weighted by Crippen LogP contribution is 2.26. The van der Waals surface area contributed by atoms with Crippen molar-refractivity contribution in [3.05, 3.63) is 52.8 Å². The molecule has 18 heavy (non-hydrogen) atoms. The molecule has 0 aliphatic carbocycles. The van der Waals surface area contributed by atoms with Crippen LogP contribution in [0.2, 0.25) is 10.0 Å². The predicted octanol–water partition coefficient (Wildman–Crippen LogP) is 3.19. The number of halogens is 2. The van der Waals surface area contributed by atoms with E-state index in [4.69, 9.17) is 23.2 Å². The first kappa shape index (κ1) is 13.1. The van der Waals surface area contributed by atoms with Gasteiger partial charge in [0.1, 0.15) is 4.90 Å². The Morgan fingerprint density at radius 3 is 2.56 bits per heavy atom. The molecule has 7 heteroatoms. The Balaban J connectivity index is 2.37. The normalized spacial score (nSPS) is 11.2. The van der Waals surface area contributed by atoms with Gasteiger partial charge in [0, 0.05) is 11.2 Å². The first-order valence-electron chi connectivity index (χ1n) is 4.87. The van der Waals surface area contributed by atoms with Gasteiger partial charge in [0.2, 0.25) is 0 Å². The Morgan fingerprint density at radius 2 is 1.94 bits per heavy atom. The number of hydrogen-bond donors (Lipinski definition) is 1. The van der Waals surface area contributed by atoms with Crippen molar-refractivity contribution in [1.82, 2.24) is 4.98 Å². The summed E-state index contributed by atoms with van der Waals surface area (Å²) < 4.78 is 26.5. The molecule has 2 aromatic rings. The van der Waals surface area contributed by atoms with Crippen molar-refractivity contribution in [2.24, 2.45) is 0 Å². The minimum Gasteiger partial charge on any atom is -0.278 e. The fourth-order valence-corrected chi connectivity index (χ4v) is 3.14. The zero-order valence-electron chi connectivity index (χ0n) is 8.97. The number of anilines is 1. The van der Waals surface area contributed by atoms with Crippen LogP contribution in [0.25, 0.3) is 0 Å². The second-order valence-electron chi connectivity index (χ2n) is 3.42. The lowest BCUT2D eigenvalue weighted by atomic mass is 10.4. The Hall–Kier alpha value is -1.30. The fraction of sp³-hybridized carbons (Fsp3) is 0. The van der Waals surface area contributed by atoms with Gasteiger partial charge in [0.05, 0.1) is 16.9 Å². The largest absolute Gasteiger partial charge is 0.278 e. The molecule has 0 aliphatic rings. The van der Waals surface area contributed by atoms with Gasteiger partial charge >= 0.3 is 0 Å². The third-order valence-electron chi connectivity index (χ3n) is 2.10. The van der Waals surface area contributed by atoms with E-state index in [9.17, 15) is 8.42 Å². The van der Waals surface area contributed by atoms with Crippen molar-refractivity contribution in [2.75, 3.05) is 4.72 Å². The molecule has 0 radical (unpaired) electrons. The third kappa shape index (κ3) is 2.93. The van der Waals surface area contributed by atoms with Crippen LogP contribution in [0, 0.1) is 0 Å². The van der Waals surface area contributed by atoms with Crippen molar-refractivity contribution in [3.8, 4) is 0 Å². The molecule has 94 valence electrons. The number of benzene rings is 1. The van der Waals surface area contributed by atoms with E-state index in [2.05, 4.69) is 9.71 Å². The summed E-state index contributed by atoms with van der Waals surface area (Å²) in [5.74, 6) is 0. The Bertz CT molecular complexity index is 660. The summed E-state index contributed by atoms with van der Waals surface area (Å²) in [7, 11) is -3.74. The molecule has 0 unspecified atom stereocenters. The topological polar surface area (TPSA) is 59.1 Å². The molecule has 1 heterocycles. The number of pyridine rings is 1. The maximum Gasteiger partial charge on any atom is 0.263 e. The summed E-state index contributed by atoms with van der Waals surface area (Å²) in [5.41, 5.74) is 0.364. The highest BCUT2D eigenvalue weighted by molar-refractivity contribution is 7.92. The van der Waals surface area contributed by atoms with E-state index in [0.717, 1.165) is 0 Å². The highest BCUT2D eigenvalue weighted by atomic mass is 35.5. The first-order chi connectivity index (χ1) is 8.49. The minimum atomic E-state index is -3.74. The standard InChI is InChI=1S/C11H8Cl2N2O2S/c12-8-3-4-11(10(13)6-8)18(16,17)15-9-2-1-5-14-7-9/h1-7,15H. The number of nitrogens with zero attached hydrogens (tertiary/aromatic N) is 1. The van der Waals surface area contributed by atoms with Crippen molar-refractivity contribution in [3.63, 3.8) is 0 Å². The number of rotatable bonds is 3. The maximum absolute atomic E-state index is 12.1. The van der Waals surface area contributed by atoms with E-state index < -0.39 is 10.0 Å². The van der Waals surface area contributed by atoms with Crippen LogP contribution >= 0.6 is 23.2 Å². The molecule has 0 aliphatic heterocycles. The van der Waals surface area contributed by atoms with E-state index in [1.807, 2.05) is 0 Å². The van der Waals surface area contributed by atoms with Gasteiger partial charge in [-0.15, -0.1) is 0 Å². The molecule has 4 nitrogen and oxygen atoms in total. The van der Waals surface area contributed by atoms with Gasteiger partial charge in [-0.05, 0) is 30.3 Å². The molecular formula is C11H8Cl2N2O2S. The van der Waals surface area contributed by atoms with Gasteiger partial charge in [-0.1, -0.05) is 23.2 Å². The average molecular weight is 303 g/mol. The highest BCUT2D eigenvalue weighted by Gasteiger charge is 2.18. The van der Waals surface area contributed by atoms with Gasteiger partial charge < -0.3 is 0 Å². The van der Waals surface area contributed by atoms with Crippen molar-refractivity contribution >= 4 is 38.9 Å². The molecule has 1 aromatic carbocycles. The second-order valence-corrected chi connectivity index (χ2v) is 5.92.